The molecule has 1 aliphatic heterocycles. The molecule has 0 spiro atoms. The number of benzene rings is 2. The third kappa shape index (κ3) is 3.51. The Morgan fingerprint density at radius 3 is 2.68 bits per heavy atom. The largest absolute Gasteiger partial charge is 0.494 e. The first-order chi connectivity index (χ1) is 12.0. The van der Waals surface area contributed by atoms with Crippen LogP contribution in [0.15, 0.2) is 42.5 Å². The maximum atomic E-state index is 14.3. The van der Waals surface area contributed by atoms with Crippen LogP contribution >= 0.6 is 0 Å². The van der Waals surface area contributed by atoms with E-state index in [0.717, 1.165) is 23.1 Å². The van der Waals surface area contributed by atoms with Crippen molar-refractivity contribution in [1.82, 2.24) is 4.90 Å². The first-order valence-corrected chi connectivity index (χ1v) is 8.40. The van der Waals surface area contributed by atoms with E-state index in [1.54, 1.807) is 6.07 Å². The Kier molecular flexibility index (Phi) is 5.04. The molecule has 0 aliphatic carbocycles. The quantitative estimate of drug-likeness (QED) is 0.898. The summed E-state index contributed by atoms with van der Waals surface area (Å²) in [6, 6.07) is 11.9. The van der Waals surface area contributed by atoms with Gasteiger partial charge >= 0.3 is 5.97 Å². The van der Waals surface area contributed by atoms with Gasteiger partial charge in [-0.15, -0.1) is 0 Å². The minimum absolute atomic E-state index is 0.183. The van der Waals surface area contributed by atoms with E-state index in [1.165, 1.54) is 13.2 Å². The number of carbonyl (C=O) groups is 1. The van der Waals surface area contributed by atoms with Gasteiger partial charge in [0, 0.05) is 6.54 Å². The summed E-state index contributed by atoms with van der Waals surface area (Å²) in [7, 11) is 1.43. The summed E-state index contributed by atoms with van der Waals surface area (Å²) in [4.78, 5) is 13.6. The summed E-state index contributed by atoms with van der Waals surface area (Å²) >= 11 is 0. The van der Waals surface area contributed by atoms with E-state index in [0.29, 0.717) is 13.0 Å². The number of carboxylic acids is 1. The average molecular weight is 343 g/mol. The van der Waals surface area contributed by atoms with Gasteiger partial charge in [-0.25, -0.2) is 4.39 Å². The highest BCUT2D eigenvalue weighted by atomic mass is 19.1. The normalized spacial score (nSPS) is 18.9. The molecular formula is C20H22FNO3. The number of aliphatic carboxylic acids is 1. The fourth-order valence-corrected chi connectivity index (χ4v) is 3.63. The summed E-state index contributed by atoms with van der Waals surface area (Å²) in [6.07, 6.45) is 1.42. The molecule has 1 fully saturated rings. The Labute approximate surface area is 146 Å². The number of likely N-dealkylation sites (tertiary alicyclic amines) is 1. The lowest BCUT2D eigenvalue weighted by Gasteiger charge is -2.32. The Morgan fingerprint density at radius 2 is 2.04 bits per heavy atom. The number of carboxylic acid groups (broad SMARTS) is 1. The minimum atomic E-state index is -0.830. The predicted molar refractivity (Wildman–Crippen MR) is 93.3 cm³/mol. The van der Waals surface area contributed by atoms with Crippen molar-refractivity contribution in [3.63, 3.8) is 0 Å². The lowest BCUT2D eigenvalue weighted by Crippen LogP contribution is -2.39. The van der Waals surface area contributed by atoms with E-state index in [-0.39, 0.29) is 11.8 Å². The van der Waals surface area contributed by atoms with E-state index < -0.39 is 17.8 Å². The lowest BCUT2D eigenvalue weighted by atomic mass is 9.95. The molecule has 1 aliphatic rings. The molecular weight excluding hydrogens is 321 g/mol. The maximum absolute atomic E-state index is 14.3. The second kappa shape index (κ2) is 7.23. The minimum Gasteiger partial charge on any atom is -0.494 e. The van der Waals surface area contributed by atoms with E-state index in [1.807, 2.05) is 42.2 Å². The molecule has 0 bridgehead atoms. The van der Waals surface area contributed by atoms with Gasteiger partial charge < -0.3 is 9.84 Å². The zero-order chi connectivity index (χ0) is 18.0. The van der Waals surface area contributed by atoms with Crippen LogP contribution in [-0.4, -0.2) is 35.7 Å². The highest BCUT2D eigenvalue weighted by Gasteiger charge is 2.37. The van der Waals surface area contributed by atoms with Gasteiger partial charge in [0.2, 0.25) is 0 Å². The fourth-order valence-electron chi connectivity index (χ4n) is 3.63. The van der Waals surface area contributed by atoms with Gasteiger partial charge in [-0.05, 0) is 43.0 Å². The van der Waals surface area contributed by atoms with Crippen LogP contribution in [0, 0.1) is 12.7 Å². The molecule has 2 aromatic rings. The van der Waals surface area contributed by atoms with Crippen LogP contribution in [-0.2, 0) is 4.79 Å². The van der Waals surface area contributed by atoms with Crippen molar-refractivity contribution < 1.29 is 19.0 Å². The molecule has 0 amide bonds. The van der Waals surface area contributed by atoms with Crippen LogP contribution in [0.4, 0.5) is 4.39 Å². The molecule has 2 unspecified atom stereocenters. The third-order valence-electron chi connectivity index (χ3n) is 4.76. The second-order valence-corrected chi connectivity index (χ2v) is 6.44. The van der Waals surface area contributed by atoms with Crippen LogP contribution in [0.3, 0.4) is 0 Å². The van der Waals surface area contributed by atoms with Crippen molar-refractivity contribution in [3.05, 3.63) is 65.0 Å². The van der Waals surface area contributed by atoms with Crippen molar-refractivity contribution in [3.8, 4) is 5.75 Å². The number of nitrogens with zero attached hydrogens (tertiary/aromatic N) is 1. The molecule has 4 nitrogen and oxygen atoms in total. The Morgan fingerprint density at radius 1 is 1.28 bits per heavy atom. The van der Waals surface area contributed by atoms with Gasteiger partial charge in [0.05, 0.1) is 13.2 Å². The zero-order valence-corrected chi connectivity index (χ0v) is 14.4. The lowest BCUT2D eigenvalue weighted by molar-refractivity contribution is -0.142. The number of methoxy groups -OCH3 is 1. The predicted octanol–water partition coefficient (Wildman–Crippen LogP) is 3.78. The van der Waals surface area contributed by atoms with Crippen LogP contribution in [0.5, 0.6) is 5.75 Å². The summed E-state index contributed by atoms with van der Waals surface area (Å²) in [5.41, 5.74) is 2.79. The Hall–Kier alpha value is -2.40. The summed E-state index contributed by atoms with van der Waals surface area (Å²) in [5.74, 6) is -1.09. The fraction of sp³-hybridized carbons (Fsp3) is 0.350. The first-order valence-electron chi connectivity index (χ1n) is 8.40. The molecule has 132 valence electrons. The molecule has 1 saturated heterocycles. The van der Waals surface area contributed by atoms with Crippen molar-refractivity contribution in [1.29, 1.82) is 0 Å². The van der Waals surface area contributed by atoms with E-state index >= 15 is 0 Å². The molecule has 0 radical (unpaired) electrons. The van der Waals surface area contributed by atoms with Gasteiger partial charge in [0.25, 0.3) is 0 Å². The highest BCUT2D eigenvalue weighted by Crippen LogP contribution is 2.36. The molecule has 0 saturated carbocycles. The summed E-state index contributed by atoms with van der Waals surface area (Å²) < 4.78 is 19.3. The number of rotatable bonds is 5. The van der Waals surface area contributed by atoms with Crippen LogP contribution in [0.2, 0.25) is 0 Å². The Balaban J connectivity index is 2.09. The number of ether oxygens (including phenoxy) is 1. The number of aryl methyl sites for hydroxylation is 1. The third-order valence-corrected chi connectivity index (χ3v) is 4.76. The van der Waals surface area contributed by atoms with Gasteiger partial charge in [0.15, 0.2) is 11.6 Å². The van der Waals surface area contributed by atoms with Gasteiger partial charge in [0.1, 0.15) is 6.04 Å². The standard InChI is InChI=1S/C20H22FNO3/c1-13-5-3-6-14(11-13)19(22-10-4-7-17(22)20(23)24)15-8-9-18(25-2)16(21)12-15/h3,5-6,8-9,11-12,17,19H,4,7,10H2,1-2H3,(H,23,24). The monoisotopic (exact) mass is 343 g/mol. The van der Waals surface area contributed by atoms with Crippen LogP contribution in [0.25, 0.3) is 0 Å². The number of hydrogen-bond donors (Lipinski definition) is 1. The molecule has 2 atom stereocenters. The van der Waals surface area contributed by atoms with Crippen molar-refractivity contribution in [2.24, 2.45) is 0 Å². The smallest absolute Gasteiger partial charge is 0.320 e. The van der Waals surface area contributed by atoms with Gasteiger partial charge in [-0.1, -0.05) is 35.9 Å². The summed E-state index contributed by atoms with van der Waals surface area (Å²) in [5, 5.41) is 9.58. The first kappa shape index (κ1) is 17.4. The van der Waals surface area contributed by atoms with E-state index in [4.69, 9.17) is 4.74 Å². The molecule has 1 N–H and O–H groups in total. The van der Waals surface area contributed by atoms with E-state index in [2.05, 4.69) is 0 Å². The molecule has 3 rings (SSSR count). The second-order valence-electron chi connectivity index (χ2n) is 6.44. The van der Waals surface area contributed by atoms with Crippen molar-refractivity contribution in [2.45, 2.75) is 31.8 Å². The Bertz CT molecular complexity index is 777. The van der Waals surface area contributed by atoms with Crippen LogP contribution in [0.1, 0.15) is 35.6 Å². The summed E-state index contributed by atoms with van der Waals surface area (Å²) in [6.45, 7) is 2.66. The van der Waals surface area contributed by atoms with Crippen LogP contribution < -0.4 is 4.74 Å². The van der Waals surface area contributed by atoms with Crippen molar-refractivity contribution >= 4 is 5.97 Å². The maximum Gasteiger partial charge on any atom is 0.320 e. The molecule has 1 heterocycles. The highest BCUT2D eigenvalue weighted by molar-refractivity contribution is 5.74. The zero-order valence-electron chi connectivity index (χ0n) is 14.4. The molecule has 2 aromatic carbocycles. The van der Waals surface area contributed by atoms with Gasteiger partial charge in [-0.3, -0.25) is 9.69 Å². The van der Waals surface area contributed by atoms with Gasteiger partial charge in [-0.2, -0.15) is 0 Å². The topological polar surface area (TPSA) is 49.8 Å². The average Bonchev–Trinajstić information content (AvgIpc) is 3.05. The van der Waals surface area contributed by atoms with Crippen molar-refractivity contribution in [2.75, 3.05) is 13.7 Å². The number of hydrogen-bond acceptors (Lipinski definition) is 3. The van der Waals surface area contributed by atoms with E-state index in [9.17, 15) is 14.3 Å². The molecule has 0 aromatic heterocycles. The molecule has 5 heteroatoms. The molecule has 25 heavy (non-hydrogen) atoms. The SMILES string of the molecule is COc1ccc(C(c2cccc(C)c2)N2CCCC2C(=O)O)cc1F. The number of halogens is 1.